The number of aromatic nitrogens is 1. The fraction of sp³-hybridized carbons (Fsp3) is 0.632. The number of urea groups is 1. The topological polar surface area (TPSA) is 78.0 Å². The molecule has 9 heteroatoms. The molecule has 0 saturated carbocycles. The predicted octanol–water partition coefficient (Wildman–Crippen LogP) is 0.442. The number of anilines is 1. The van der Waals surface area contributed by atoms with E-state index in [4.69, 9.17) is 4.74 Å². The Bertz CT molecular complexity index is 800. The number of ether oxygens (including phenoxy) is 1. The summed E-state index contributed by atoms with van der Waals surface area (Å²) >= 11 is 0. The Morgan fingerprint density at radius 2 is 2.14 bits per heavy atom. The third kappa shape index (κ3) is 3.07. The zero-order valence-electron chi connectivity index (χ0n) is 15.6. The van der Waals surface area contributed by atoms with Crippen LogP contribution in [0.15, 0.2) is 18.3 Å². The second kappa shape index (κ2) is 6.58. The maximum Gasteiger partial charge on any atom is 0.320 e. The Morgan fingerprint density at radius 1 is 1.29 bits per heavy atom. The minimum Gasteiger partial charge on any atom is -0.370 e. The molecule has 0 radical (unpaired) electrons. The monoisotopic (exact) mass is 389 g/mol. The van der Waals surface area contributed by atoms with Crippen LogP contribution in [0.5, 0.6) is 0 Å². The Balaban J connectivity index is 1.18. The summed E-state index contributed by atoms with van der Waals surface area (Å²) in [6, 6.07) is 3.20. The normalized spacial score (nSPS) is 28.8. The van der Waals surface area contributed by atoms with E-state index in [-0.39, 0.29) is 36.1 Å². The average molecular weight is 389 g/mol. The van der Waals surface area contributed by atoms with Gasteiger partial charge in [0.15, 0.2) is 0 Å². The molecule has 1 aromatic heterocycles. The number of amides is 3. The number of likely N-dealkylation sites (tertiary alicyclic amines) is 2. The van der Waals surface area contributed by atoms with Crippen LogP contribution in [-0.2, 0) is 9.53 Å². The number of carbonyl (C=O) groups excluding carboxylic acids is 2. The highest BCUT2D eigenvalue weighted by Crippen LogP contribution is 2.42. The number of hydrogen-bond donors (Lipinski definition) is 1. The molecule has 0 bridgehead atoms. The molecule has 0 unspecified atom stereocenters. The van der Waals surface area contributed by atoms with Gasteiger partial charge in [0.05, 0.1) is 12.1 Å². The molecular formula is C19H24FN5O3. The van der Waals surface area contributed by atoms with Crippen molar-refractivity contribution in [1.29, 1.82) is 0 Å². The Morgan fingerprint density at radius 3 is 2.96 bits per heavy atom. The summed E-state index contributed by atoms with van der Waals surface area (Å²) in [6.07, 6.45) is 3.20. The lowest BCUT2D eigenvalue weighted by Crippen LogP contribution is -2.62. The lowest BCUT2D eigenvalue weighted by molar-refractivity contribution is -0.139. The largest absolute Gasteiger partial charge is 0.370 e. The summed E-state index contributed by atoms with van der Waals surface area (Å²) in [6.45, 7) is 4.39. The van der Waals surface area contributed by atoms with E-state index in [9.17, 15) is 14.0 Å². The van der Waals surface area contributed by atoms with Crippen molar-refractivity contribution in [3.63, 3.8) is 0 Å². The van der Waals surface area contributed by atoms with Crippen molar-refractivity contribution in [2.75, 3.05) is 50.8 Å². The highest BCUT2D eigenvalue weighted by atomic mass is 19.1. The van der Waals surface area contributed by atoms with Crippen LogP contribution in [0.25, 0.3) is 0 Å². The first kappa shape index (κ1) is 17.7. The van der Waals surface area contributed by atoms with E-state index >= 15 is 0 Å². The van der Waals surface area contributed by atoms with Crippen LogP contribution in [0.1, 0.15) is 12.8 Å². The minimum absolute atomic E-state index is 0.00705. The second-order valence-electron chi connectivity index (χ2n) is 8.41. The molecule has 4 fully saturated rings. The van der Waals surface area contributed by atoms with E-state index in [1.54, 1.807) is 0 Å². The number of rotatable bonds is 1. The number of hydrogen-bond acceptors (Lipinski definition) is 5. The van der Waals surface area contributed by atoms with Gasteiger partial charge in [0, 0.05) is 62.6 Å². The van der Waals surface area contributed by atoms with Gasteiger partial charge in [-0.2, -0.15) is 4.39 Å². The number of halogens is 1. The molecule has 4 saturated heterocycles. The summed E-state index contributed by atoms with van der Waals surface area (Å²) < 4.78 is 18.9. The average Bonchev–Trinajstić information content (AvgIpc) is 3.11. The molecule has 3 amide bonds. The highest BCUT2D eigenvalue weighted by molar-refractivity contribution is 5.79. The fourth-order valence-electron chi connectivity index (χ4n) is 4.97. The highest BCUT2D eigenvalue weighted by Gasteiger charge is 2.50. The van der Waals surface area contributed by atoms with Crippen molar-refractivity contribution in [1.82, 2.24) is 20.1 Å². The zero-order valence-corrected chi connectivity index (χ0v) is 15.6. The van der Waals surface area contributed by atoms with E-state index in [2.05, 4.69) is 15.2 Å². The van der Waals surface area contributed by atoms with Crippen LogP contribution in [0, 0.1) is 11.4 Å². The first-order chi connectivity index (χ1) is 13.5. The van der Waals surface area contributed by atoms with Gasteiger partial charge in [0.2, 0.25) is 11.9 Å². The van der Waals surface area contributed by atoms with Crippen LogP contribution in [0.3, 0.4) is 0 Å². The van der Waals surface area contributed by atoms with Gasteiger partial charge in [0.1, 0.15) is 6.61 Å². The van der Waals surface area contributed by atoms with Gasteiger partial charge in [-0.1, -0.05) is 0 Å². The molecule has 1 spiro atoms. The Labute approximate surface area is 162 Å². The molecule has 0 aromatic carbocycles. The number of carbonyl (C=O) groups is 2. The quantitative estimate of drug-likeness (QED) is 0.706. The number of pyridine rings is 1. The third-order valence-electron chi connectivity index (χ3n) is 6.43. The molecule has 5 rings (SSSR count). The lowest BCUT2D eigenvalue weighted by atomic mass is 9.79. The fourth-order valence-corrected chi connectivity index (χ4v) is 4.97. The summed E-state index contributed by atoms with van der Waals surface area (Å²) in [7, 11) is 0. The molecule has 28 heavy (non-hydrogen) atoms. The Kier molecular flexibility index (Phi) is 4.15. The number of morpholine rings is 1. The first-order valence-electron chi connectivity index (χ1n) is 9.83. The van der Waals surface area contributed by atoms with Crippen LogP contribution in [0.2, 0.25) is 0 Å². The van der Waals surface area contributed by atoms with Gasteiger partial charge in [-0.3, -0.25) is 4.79 Å². The summed E-state index contributed by atoms with van der Waals surface area (Å²) in [5, 5.41) is 2.94. The van der Waals surface area contributed by atoms with Gasteiger partial charge in [-0.05, 0) is 18.9 Å². The van der Waals surface area contributed by atoms with Crippen molar-refractivity contribution in [2.45, 2.75) is 25.0 Å². The minimum atomic E-state index is -0.469. The molecule has 4 aliphatic rings. The van der Waals surface area contributed by atoms with E-state index in [0.29, 0.717) is 13.1 Å². The second-order valence-corrected chi connectivity index (χ2v) is 8.41. The van der Waals surface area contributed by atoms with Gasteiger partial charge >= 0.3 is 6.03 Å². The van der Waals surface area contributed by atoms with Crippen LogP contribution >= 0.6 is 0 Å². The Hall–Kier alpha value is -2.42. The summed E-state index contributed by atoms with van der Waals surface area (Å²) in [4.78, 5) is 34.1. The summed E-state index contributed by atoms with van der Waals surface area (Å²) in [5.41, 5.74) is 0.939. The third-order valence-corrected chi connectivity index (χ3v) is 6.43. The molecule has 1 N–H and O–H groups in total. The zero-order chi connectivity index (χ0) is 19.3. The molecule has 150 valence electrons. The smallest absolute Gasteiger partial charge is 0.320 e. The lowest BCUT2D eigenvalue weighted by Gasteiger charge is -2.49. The van der Waals surface area contributed by atoms with Crippen molar-refractivity contribution >= 4 is 17.6 Å². The number of nitrogens with one attached hydrogen (secondary N) is 1. The molecule has 5 heterocycles. The molecule has 1 aromatic rings. The number of fused-ring (bicyclic) bond motifs is 1. The van der Waals surface area contributed by atoms with Crippen molar-refractivity contribution in [3.05, 3.63) is 24.3 Å². The van der Waals surface area contributed by atoms with Gasteiger partial charge in [0.25, 0.3) is 0 Å². The van der Waals surface area contributed by atoms with E-state index in [0.717, 1.165) is 44.7 Å². The number of piperidine rings is 1. The van der Waals surface area contributed by atoms with Crippen molar-refractivity contribution in [2.24, 2.45) is 5.41 Å². The van der Waals surface area contributed by atoms with E-state index in [1.807, 2.05) is 15.9 Å². The van der Waals surface area contributed by atoms with E-state index in [1.165, 1.54) is 12.3 Å². The van der Waals surface area contributed by atoms with Gasteiger partial charge in [-0.25, -0.2) is 9.78 Å². The van der Waals surface area contributed by atoms with E-state index < -0.39 is 5.95 Å². The van der Waals surface area contributed by atoms with Crippen LogP contribution in [-0.4, -0.2) is 84.7 Å². The molecule has 0 aliphatic carbocycles. The number of nitrogens with zero attached hydrogens (tertiary/aromatic N) is 4. The molecular weight excluding hydrogens is 365 g/mol. The maximum absolute atomic E-state index is 13.3. The molecule has 2 atom stereocenters. The molecule has 8 nitrogen and oxygen atoms in total. The van der Waals surface area contributed by atoms with Gasteiger partial charge < -0.3 is 24.8 Å². The SMILES string of the molecule is O=C1CO[C@H]2CCN(C(=O)N3CCC4(C3)CN(c3ccnc(F)c3)C4)C[C@H]2N1. The van der Waals surface area contributed by atoms with Crippen molar-refractivity contribution < 1.29 is 18.7 Å². The summed E-state index contributed by atoms with van der Waals surface area (Å²) in [5.74, 6) is -0.582. The molecule has 4 aliphatic heterocycles. The maximum atomic E-state index is 13.3. The predicted molar refractivity (Wildman–Crippen MR) is 98.3 cm³/mol. The van der Waals surface area contributed by atoms with Crippen LogP contribution in [0.4, 0.5) is 14.9 Å². The first-order valence-corrected chi connectivity index (χ1v) is 9.83. The standard InChI is InChI=1S/C19H24FN5O3/c20-16-7-13(1-4-21-16)25-11-19(12-25)3-6-24(10-19)18(27)23-5-2-15-14(8-23)22-17(26)9-28-15/h1,4,7,14-15H,2-3,5-6,8-12H2,(H,22,26)/t14-,15+/m1/s1. The van der Waals surface area contributed by atoms with Crippen molar-refractivity contribution in [3.8, 4) is 0 Å². The van der Waals surface area contributed by atoms with Gasteiger partial charge in [-0.15, -0.1) is 0 Å². The van der Waals surface area contributed by atoms with Crippen LogP contribution < -0.4 is 10.2 Å².